The molecule has 1 aromatic heterocycles. The van der Waals surface area contributed by atoms with Gasteiger partial charge in [0.15, 0.2) is 6.54 Å². The Balaban J connectivity index is 2.17. The molecule has 1 heterocycles. The van der Waals surface area contributed by atoms with Crippen molar-refractivity contribution < 1.29 is 14.5 Å². The van der Waals surface area contributed by atoms with Gasteiger partial charge in [-0.1, -0.05) is 17.7 Å². The minimum absolute atomic E-state index is 0.0141. The highest BCUT2D eigenvalue weighted by Gasteiger charge is 2.25. The van der Waals surface area contributed by atoms with Crippen LogP contribution >= 0.6 is 11.6 Å². The van der Waals surface area contributed by atoms with E-state index in [1.165, 1.54) is 14.1 Å². The van der Waals surface area contributed by atoms with Crippen LogP contribution in [0.5, 0.6) is 0 Å². The third kappa shape index (κ3) is 4.93. The van der Waals surface area contributed by atoms with Crippen molar-refractivity contribution in [3.8, 4) is 0 Å². The summed E-state index contributed by atoms with van der Waals surface area (Å²) in [6, 6.07) is 5.18. The van der Waals surface area contributed by atoms with E-state index in [-0.39, 0.29) is 30.4 Å². The van der Waals surface area contributed by atoms with Crippen LogP contribution in [0.2, 0.25) is 5.02 Å². The van der Waals surface area contributed by atoms with Crippen LogP contribution in [0.25, 0.3) is 0 Å². The first-order valence-electron chi connectivity index (χ1n) is 9.05. The van der Waals surface area contributed by atoms with E-state index >= 15 is 0 Å². The minimum atomic E-state index is -0.745. The molecule has 0 bridgehead atoms. The lowest BCUT2D eigenvalue weighted by molar-refractivity contribution is -0.881. The van der Waals surface area contributed by atoms with Crippen LogP contribution in [0.4, 0.5) is 11.5 Å². The smallest absolute Gasteiger partial charge is 0.332 e. The molecule has 0 aliphatic heterocycles. The molecule has 0 saturated heterocycles. The van der Waals surface area contributed by atoms with Gasteiger partial charge in [-0.3, -0.25) is 23.5 Å². The Labute approximate surface area is 172 Å². The van der Waals surface area contributed by atoms with E-state index in [2.05, 4.69) is 5.32 Å². The predicted molar refractivity (Wildman–Crippen MR) is 112 cm³/mol. The Kier molecular flexibility index (Phi) is 6.99. The summed E-state index contributed by atoms with van der Waals surface area (Å²) in [7, 11) is 2.67. The second-order valence-corrected chi connectivity index (χ2v) is 7.29. The summed E-state index contributed by atoms with van der Waals surface area (Å²) < 4.78 is 1.89. The van der Waals surface area contributed by atoms with Gasteiger partial charge < -0.3 is 16.0 Å². The number of likely N-dealkylation sites (N-methyl/N-ethyl adjacent to an activating group) is 1. The Morgan fingerprint density at radius 1 is 1.17 bits per heavy atom. The van der Waals surface area contributed by atoms with Crippen LogP contribution in [0.3, 0.4) is 0 Å². The summed E-state index contributed by atoms with van der Waals surface area (Å²) in [5, 5.41) is 3.29. The van der Waals surface area contributed by atoms with Crippen LogP contribution in [0.15, 0.2) is 27.8 Å². The molecule has 1 amide bonds. The predicted octanol–water partition coefficient (Wildman–Crippen LogP) is -0.646. The van der Waals surface area contributed by atoms with E-state index in [0.29, 0.717) is 22.2 Å². The van der Waals surface area contributed by atoms with E-state index in [1.54, 1.807) is 18.2 Å². The molecule has 10 heteroatoms. The molecule has 2 aromatic rings. The number of nitrogens with two attached hydrogens (primary N) is 1. The molecule has 0 aliphatic rings. The monoisotopic (exact) mass is 422 g/mol. The number of aromatic nitrogens is 2. The topological polar surface area (TPSA) is 121 Å². The molecule has 156 valence electrons. The highest BCUT2D eigenvalue weighted by Crippen LogP contribution is 2.19. The van der Waals surface area contributed by atoms with Crippen LogP contribution in [0.1, 0.15) is 22.8 Å². The van der Waals surface area contributed by atoms with Crippen LogP contribution in [-0.4, -0.2) is 40.5 Å². The highest BCUT2D eigenvalue weighted by molar-refractivity contribution is 6.31. The number of rotatable bonds is 7. The molecule has 0 fully saturated rings. The number of Topliss-reactive ketones (excluding diaryl/α,β-unsaturated/α-hetero) is 1. The lowest BCUT2D eigenvalue weighted by atomic mass is 10.1. The zero-order chi connectivity index (χ0) is 21.9. The number of hydrogen-bond donors (Lipinski definition) is 3. The molecule has 0 saturated carbocycles. The van der Waals surface area contributed by atoms with Gasteiger partial charge >= 0.3 is 5.69 Å². The average Bonchev–Trinajstić information content (AvgIpc) is 2.67. The number of ketones is 1. The zero-order valence-electron chi connectivity index (χ0n) is 16.8. The summed E-state index contributed by atoms with van der Waals surface area (Å²) in [5.41, 5.74) is 5.69. The molecule has 2 rings (SSSR count). The van der Waals surface area contributed by atoms with Crippen molar-refractivity contribution in [1.82, 2.24) is 9.13 Å². The Bertz CT molecular complexity index is 1070. The molecule has 1 aromatic carbocycles. The second-order valence-electron chi connectivity index (χ2n) is 6.85. The van der Waals surface area contributed by atoms with E-state index < -0.39 is 17.0 Å². The van der Waals surface area contributed by atoms with Crippen LogP contribution in [0, 0.1) is 6.92 Å². The van der Waals surface area contributed by atoms with Crippen molar-refractivity contribution in [3.05, 3.63) is 55.2 Å². The Morgan fingerprint density at radius 2 is 1.83 bits per heavy atom. The van der Waals surface area contributed by atoms with Gasteiger partial charge in [0.1, 0.15) is 17.9 Å². The highest BCUT2D eigenvalue weighted by atomic mass is 35.5. The molecular formula is C19H25ClN5O4+. The molecule has 0 radical (unpaired) electrons. The fraction of sp³-hybridized carbons (Fsp3) is 0.368. The van der Waals surface area contributed by atoms with Crippen molar-refractivity contribution in [2.24, 2.45) is 14.1 Å². The van der Waals surface area contributed by atoms with Gasteiger partial charge in [-0.2, -0.15) is 0 Å². The Morgan fingerprint density at radius 3 is 2.45 bits per heavy atom. The van der Waals surface area contributed by atoms with Crippen molar-refractivity contribution in [1.29, 1.82) is 0 Å². The number of nitrogens with zero attached hydrogens (tertiary/aromatic N) is 2. The normalized spacial score (nSPS) is 11.9. The minimum Gasteiger partial charge on any atom is -0.384 e. The van der Waals surface area contributed by atoms with Gasteiger partial charge in [-0.05, 0) is 31.5 Å². The number of benzene rings is 1. The summed E-state index contributed by atoms with van der Waals surface area (Å²) >= 11 is 5.97. The number of amides is 1. The van der Waals surface area contributed by atoms with E-state index in [9.17, 15) is 19.2 Å². The quantitative estimate of drug-likeness (QED) is 0.512. The molecule has 1 atom stereocenters. The van der Waals surface area contributed by atoms with Crippen molar-refractivity contribution in [2.75, 3.05) is 30.7 Å². The van der Waals surface area contributed by atoms with Crippen molar-refractivity contribution in [3.63, 3.8) is 0 Å². The van der Waals surface area contributed by atoms with Gasteiger partial charge in [0, 0.05) is 24.8 Å². The number of carbonyl (C=O) groups is 2. The summed E-state index contributed by atoms with van der Waals surface area (Å²) in [4.78, 5) is 50.1. The molecule has 0 spiro atoms. The fourth-order valence-electron chi connectivity index (χ4n) is 2.90. The zero-order valence-corrected chi connectivity index (χ0v) is 17.6. The maximum atomic E-state index is 12.7. The first kappa shape index (κ1) is 22.4. The lowest BCUT2D eigenvalue weighted by Crippen LogP contribution is -3.13. The van der Waals surface area contributed by atoms with Crippen LogP contribution in [-0.2, 0) is 18.9 Å². The van der Waals surface area contributed by atoms with E-state index in [1.807, 2.05) is 13.8 Å². The first-order chi connectivity index (χ1) is 13.6. The average molecular weight is 423 g/mol. The third-order valence-electron chi connectivity index (χ3n) is 4.78. The molecule has 9 nitrogen and oxygen atoms in total. The number of anilines is 2. The second kappa shape index (κ2) is 9.06. The van der Waals surface area contributed by atoms with Crippen molar-refractivity contribution >= 4 is 34.8 Å². The lowest BCUT2D eigenvalue weighted by Gasteiger charge is -2.18. The number of nitrogens with one attached hydrogen (secondary N) is 2. The molecule has 0 aliphatic carbocycles. The molecule has 1 unspecified atom stereocenters. The number of quaternary nitrogens is 1. The maximum absolute atomic E-state index is 12.7. The summed E-state index contributed by atoms with van der Waals surface area (Å²) in [5.74, 6) is -0.999. The standard InChI is InChI=1S/C19H24ClN5O4/c1-5-25(10-15(27)22-13-8-12(20)7-6-11(13)2)9-14(26)16-17(21)23(3)19(29)24(4)18(16)28/h6-8H,5,9-10,21H2,1-4H3,(H,22,27)/p+1. The first-order valence-corrected chi connectivity index (χ1v) is 9.42. The number of halogens is 1. The number of aryl methyl sites for hydroxylation is 1. The fourth-order valence-corrected chi connectivity index (χ4v) is 3.07. The maximum Gasteiger partial charge on any atom is 0.332 e. The molecular weight excluding hydrogens is 398 g/mol. The molecule has 29 heavy (non-hydrogen) atoms. The van der Waals surface area contributed by atoms with Gasteiger partial charge in [0.05, 0.1) is 6.54 Å². The van der Waals surface area contributed by atoms with Gasteiger partial charge in [0.2, 0.25) is 5.78 Å². The van der Waals surface area contributed by atoms with Gasteiger partial charge in [0.25, 0.3) is 11.5 Å². The molecule has 4 N–H and O–H groups in total. The number of carbonyl (C=O) groups excluding carboxylic acids is 2. The van der Waals surface area contributed by atoms with Gasteiger partial charge in [-0.25, -0.2) is 4.79 Å². The van der Waals surface area contributed by atoms with E-state index in [0.717, 1.165) is 14.7 Å². The third-order valence-corrected chi connectivity index (χ3v) is 5.02. The number of nitrogen functional groups attached to an aromatic ring is 1. The van der Waals surface area contributed by atoms with Crippen LogP contribution < -0.4 is 27.2 Å². The number of hydrogen-bond acceptors (Lipinski definition) is 5. The van der Waals surface area contributed by atoms with E-state index in [4.69, 9.17) is 17.3 Å². The van der Waals surface area contributed by atoms with Gasteiger partial charge in [-0.15, -0.1) is 0 Å². The summed E-state index contributed by atoms with van der Waals surface area (Å²) in [6.07, 6.45) is 0. The largest absolute Gasteiger partial charge is 0.384 e. The summed E-state index contributed by atoms with van der Waals surface area (Å²) in [6.45, 7) is 4.04. The Hall–Kier alpha value is -2.91. The van der Waals surface area contributed by atoms with Crippen molar-refractivity contribution in [2.45, 2.75) is 13.8 Å². The SMILES string of the molecule is CC[NH+](CC(=O)Nc1cc(Cl)ccc1C)CC(=O)c1c(N)n(C)c(=O)n(C)c1=O.